The first-order valence-corrected chi connectivity index (χ1v) is 8.32. The molecular weight excluding hydrogens is 252 g/mol. The highest BCUT2D eigenvalue weighted by molar-refractivity contribution is 7.89. The minimum atomic E-state index is -3.07. The summed E-state index contributed by atoms with van der Waals surface area (Å²) >= 11 is 0. The molecule has 2 rings (SSSR count). The number of piperidine rings is 1. The molecule has 1 spiro atoms. The summed E-state index contributed by atoms with van der Waals surface area (Å²) < 4.78 is 31.1. The molecule has 1 N–H and O–H groups in total. The maximum Gasteiger partial charge on any atom is 0.213 e. The number of nitrogens with one attached hydrogen (secondary N) is 1. The van der Waals surface area contributed by atoms with E-state index in [9.17, 15) is 8.42 Å². The van der Waals surface area contributed by atoms with Crippen LogP contribution in [-0.4, -0.2) is 58.4 Å². The molecule has 0 aromatic heterocycles. The van der Waals surface area contributed by atoms with Gasteiger partial charge in [-0.3, -0.25) is 0 Å². The van der Waals surface area contributed by atoms with E-state index in [1.807, 2.05) is 0 Å². The van der Waals surface area contributed by atoms with Crippen LogP contribution in [0, 0.1) is 11.3 Å². The van der Waals surface area contributed by atoms with Gasteiger partial charge in [0.15, 0.2) is 0 Å². The predicted molar refractivity (Wildman–Crippen MR) is 70.9 cm³/mol. The van der Waals surface area contributed by atoms with Crippen molar-refractivity contribution in [2.75, 3.05) is 45.6 Å². The predicted octanol–water partition coefficient (Wildman–Crippen LogP) is 0.284. The van der Waals surface area contributed by atoms with Crippen molar-refractivity contribution in [1.29, 1.82) is 0 Å². The molecule has 0 amide bonds. The monoisotopic (exact) mass is 276 g/mol. The van der Waals surface area contributed by atoms with Gasteiger partial charge in [0.1, 0.15) is 0 Å². The molecule has 1 atom stereocenters. The lowest BCUT2D eigenvalue weighted by Gasteiger charge is -2.38. The molecule has 2 aliphatic heterocycles. The summed E-state index contributed by atoms with van der Waals surface area (Å²) in [7, 11) is -1.37. The lowest BCUT2D eigenvalue weighted by molar-refractivity contribution is 0.0718. The molecule has 2 saturated heterocycles. The van der Waals surface area contributed by atoms with Crippen LogP contribution in [0.25, 0.3) is 0 Å². The summed E-state index contributed by atoms with van der Waals surface area (Å²) in [6.45, 7) is 5.66. The van der Waals surface area contributed by atoms with E-state index in [-0.39, 0.29) is 11.2 Å². The number of hydrogen-bond acceptors (Lipinski definition) is 4. The fraction of sp³-hybridized carbons (Fsp3) is 1.00. The number of nitrogens with zero attached hydrogens (tertiary/aromatic N) is 1. The van der Waals surface area contributed by atoms with Crippen LogP contribution in [0.5, 0.6) is 0 Å². The third-order valence-electron chi connectivity index (χ3n) is 4.51. The Morgan fingerprint density at radius 1 is 1.39 bits per heavy atom. The molecular formula is C12H24N2O3S. The molecule has 0 saturated carbocycles. The van der Waals surface area contributed by atoms with Crippen molar-refractivity contribution in [3.63, 3.8) is 0 Å². The summed E-state index contributed by atoms with van der Waals surface area (Å²) in [4.78, 5) is 0. The second-order valence-electron chi connectivity index (χ2n) is 5.46. The standard InChI is InChI=1S/C12H24N2O3S/c1-3-18(15,16)14-8-11(9-17-2)12(10-14)4-6-13-7-5-12/h11,13H,3-10H2,1-2H3. The van der Waals surface area contributed by atoms with Gasteiger partial charge in [0, 0.05) is 26.1 Å². The van der Waals surface area contributed by atoms with Gasteiger partial charge in [-0.15, -0.1) is 0 Å². The zero-order valence-corrected chi connectivity index (χ0v) is 12.1. The van der Waals surface area contributed by atoms with Crippen molar-refractivity contribution in [3.05, 3.63) is 0 Å². The third kappa shape index (κ3) is 2.57. The van der Waals surface area contributed by atoms with Crippen LogP contribution >= 0.6 is 0 Å². The Morgan fingerprint density at radius 3 is 2.61 bits per heavy atom. The van der Waals surface area contributed by atoms with Crippen molar-refractivity contribution >= 4 is 10.0 Å². The minimum Gasteiger partial charge on any atom is -0.384 e. The first-order valence-electron chi connectivity index (χ1n) is 6.71. The normalized spacial score (nSPS) is 28.9. The second-order valence-corrected chi connectivity index (χ2v) is 7.72. The van der Waals surface area contributed by atoms with Gasteiger partial charge in [-0.1, -0.05) is 0 Å². The van der Waals surface area contributed by atoms with E-state index in [2.05, 4.69) is 5.32 Å². The van der Waals surface area contributed by atoms with Crippen LogP contribution in [-0.2, 0) is 14.8 Å². The van der Waals surface area contributed by atoms with Gasteiger partial charge in [-0.25, -0.2) is 12.7 Å². The number of rotatable bonds is 4. The van der Waals surface area contributed by atoms with Gasteiger partial charge >= 0.3 is 0 Å². The van der Waals surface area contributed by atoms with Crippen molar-refractivity contribution in [2.24, 2.45) is 11.3 Å². The Bertz CT molecular complexity index is 377. The Hall–Kier alpha value is -0.170. The molecule has 6 heteroatoms. The van der Waals surface area contributed by atoms with Crippen LogP contribution in [0.3, 0.4) is 0 Å². The van der Waals surface area contributed by atoms with Crippen LogP contribution in [0.15, 0.2) is 0 Å². The third-order valence-corrected chi connectivity index (χ3v) is 6.30. The van der Waals surface area contributed by atoms with Crippen molar-refractivity contribution < 1.29 is 13.2 Å². The largest absolute Gasteiger partial charge is 0.384 e. The summed E-state index contributed by atoms with van der Waals surface area (Å²) in [6.07, 6.45) is 2.10. The smallest absolute Gasteiger partial charge is 0.213 e. The van der Waals surface area contributed by atoms with Gasteiger partial charge in [-0.05, 0) is 38.3 Å². The van der Waals surface area contributed by atoms with Gasteiger partial charge in [-0.2, -0.15) is 0 Å². The molecule has 1 unspecified atom stereocenters. The summed E-state index contributed by atoms with van der Waals surface area (Å²) in [5.41, 5.74) is 0.128. The average Bonchev–Trinajstić information content (AvgIpc) is 2.71. The molecule has 106 valence electrons. The lowest BCUT2D eigenvalue weighted by Crippen LogP contribution is -2.43. The van der Waals surface area contributed by atoms with E-state index in [0.717, 1.165) is 25.9 Å². The highest BCUT2D eigenvalue weighted by Crippen LogP contribution is 2.44. The van der Waals surface area contributed by atoms with E-state index in [1.54, 1.807) is 18.3 Å². The van der Waals surface area contributed by atoms with E-state index in [0.29, 0.717) is 25.6 Å². The quantitative estimate of drug-likeness (QED) is 0.801. The number of sulfonamides is 1. The molecule has 0 aliphatic carbocycles. The number of ether oxygens (including phenoxy) is 1. The molecule has 0 aromatic rings. The van der Waals surface area contributed by atoms with Crippen LogP contribution < -0.4 is 5.32 Å². The maximum absolute atomic E-state index is 12.0. The van der Waals surface area contributed by atoms with E-state index >= 15 is 0 Å². The van der Waals surface area contributed by atoms with Gasteiger partial charge in [0.2, 0.25) is 10.0 Å². The van der Waals surface area contributed by atoms with Gasteiger partial charge < -0.3 is 10.1 Å². The molecule has 5 nitrogen and oxygen atoms in total. The molecule has 0 aromatic carbocycles. The molecule has 0 radical (unpaired) electrons. The van der Waals surface area contributed by atoms with Crippen molar-refractivity contribution in [3.8, 4) is 0 Å². The van der Waals surface area contributed by atoms with Gasteiger partial charge in [0.05, 0.1) is 12.4 Å². The van der Waals surface area contributed by atoms with E-state index in [1.165, 1.54) is 0 Å². The van der Waals surface area contributed by atoms with E-state index < -0.39 is 10.0 Å². The number of hydrogen-bond donors (Lipinski definition) is 1. The highest BCUT2D eigenvalue weighted by Gasteiger charge is 2.49. The van der Waals surface area contributed by atoms with Crippen molar-refractivity contribution in [2.45, 2.75) is 19.8 Å². The Balaban J connectivity index is 2.18. The minimum absolute atomic E-state index is 0.128. The summed E-state index contributed by atoms with van der Waals surface area (Å²) in [5.74, 6) is 0.534. The second kappa shape index (κ2) is 5.45. The lowest BCUT2D eigenvalue weighted by atomic mass is 9.71. The molecule has 0 bridgehead atoms. The molecule has 18 heavy (non-hydrogen) atoms. The highest BCUT2D eigenvalue weighted by atomic mass is 32.2. The molecule has 2 fully saturated rings. The summed E-state index contributed by atoms with van der Waals surface area (Å²) in [5, 5.41) is 3.36. The fourth-order valence-electron chi connectivity index (χ4n) is 3.30. The maximum atomic E-state index is 12.0. The Labute approximate surface area is 110 Å². The topological polar surface area (TPSA) is 58.6 Å². The van der Waals surface area contributed by atoms with Crippen LogP contribution in [0.1, 0.15) is 19.8 Å². The first-order chi connectivity index (χ1) is 8.54. The average molecular weight is 276 g/mol. The Morgan fingerprint density at radius 2 is 2.06 bits per heavy atom. The van der Waals surface area contributed by atoms with Crippen LogP contribution in [0.2, 0.25) is 0 Å². The van der Waals surface area contributed by atoms with Crippen molar-refractivity contribution in [1.82, 2.24) is 9.62 Å². The van der Waals surface area contributed by atoms with Gasteiger partial charge in [0.25, 0.3) is 0 Å². The molecule has 2 heterocycles. The summed E-state index contributed by atoms with van der Waals surface area (Å²) in [6, 6.07) is 0. The first kappa shape index (κ1) is 14.2. The SMILES string of the molecule is CCS(=O)(=O)N1CC(COC)C2(CCNCC2)C1. The number of methoxy groups -OCH3 is 1. The Kier molecular flexibility index (Phi) is 4.31. The molecule has 2 aliphatic rings. The zero-order chi connectivity index (χ0) is 13.2. The van der Waals surface area contributed by atoms with Crippen LogP contribution in [0.4, 0.5) is 0 Å². The fourth-order valence-corrected chi connectivity index (χ4v) is 4.53. The van der Waals surface area contributed by atoms with E-state index in [4.69, 9.17) is 4.74 Å². The zero-order valence-electron chi connectivity index (χ0n) is 11.3.